The van der Waals surface area contributed by atoms with E-state index in [1.807, 2.05) is 18.2 Å². The van der Waals surface area contributed by atoms with Crippen LogP contribution in [-0.2, 0) is 17.8 Å². The van der Waals surface area contributed by atoms with Gasteiger partial charge in [-0.05, 0) is 73.4 Å². The van der Waals surface area contributed by atoms with Gasteiger partial charge in [0, 0.05) is 29.4 Å². The van der Waals surface area contributed by atoms with Crippen LogP contribution in [-0.4, -0.2) is 31.9 Å². The number of rotatable bonds is 8. The molecule has 3 aromatic rings. The van der Waals surface area contributed by atoms with E-state index in [1.165, 1.54) is 11.3 Å². The first-order chi connectivity index (χ1) is 16.9. The number of carbonyl (C=O) groups is 1. The summed E-state index contributed by atoms with van der Waals surface area (Å²) < 4.78 is 11.2. The monoisotopic (exact) mass is 511 g/mol. The minimum absolute atomic E-state index is 0.336. The zero-order chi connectivity index (χ0) is 24.8. The lowest BCUT2D eigenvalue weighted by Gasteiger charge is -2.31. The Labute approximate surface area is 215 Å². The largest absolute Gasteiger partial charge is 0.496 e. The number of hydrogen-bond acceptors (Lipinski definition) is 5. The first kappa shape index (κ1) is 24.9. The predicted octanol–water partition coefficient (Wildman–Crippen LogP) is 5.87. The van der Waals surface area contributed by atoms with Gasteiger partial charge in [-0.25, -0.2) is 5.43 Å². The first-order valence-corrected chi connectivity index (χ1v) is 12.1. The summed E-state index contributed by atoms with van der Waals surface area (Å²) in [5.41, 5.74) is 7.05. The molecule has 0 radical (unpaired) electrons. The fourth-order valence-corrected chi connectivity index (χ4v) is 4.51. The molecule has 0 bridgehead atoms. The van der Waals surface area contributed by atoms with Crippen molar-refractivity contribution in [2.24, 2.45) is 5.10 Å². The van der Waals surface area contributed by atoms with Crippen molar-refractivity contribution in [1.29, 1.82) is 0 Å². The van der Waals surface area contributed by atoms with Gasteiger partial charge in [0.05, 0.1) is 18.3 Å². The van der Waals surface area contributed by atoms with Crippen LogP contribution in [0, 0.1) is 0 Å². The Bertz CT molecular complexity index is 1230. The molecule has 0 saturated carbocycles. The van der Waals surface area contributed by atoms with Crippen LogP contribution in [0.15, 0.2) is 65.8 Å². The van der Waals surface area contributed by atoms with Gasteiger partial charge in [0.25, 0.3) is 5.91 Å². The van der Waals surface area contributed by atoms with Crippen molar-refractivity contribution in [3.63, 3.8) is 0 Å². The van der Waals surface area contributed by atoms with Gasteiger partial charge in [-0.1, -0.05) is 41.4 Å². The van der Waals surface area contributed by atoms with Crippen molar-refractivity contribution >= 4 is 41.0 Å². The fraction of sp³-hybridized carbons (Fsp3) is 0.259. The Morgan fingerprint density at radius 1 is 1.14 bits per heavy atom. The van der Waals surface area contributed by atoms with Crippen molar-refractivity contribution < 1.29 is 14.3 Å². The van der Waals surface area contributed by atoms with E-state index in [0.29, 0.717) is 15.8 Å². The number of fused-ring (bicyclic) bond motifs is 1. The Balaban J connectivity index is 1.41. The number of nitrogens with zero attached hydrogens (tertiary/aromatic N) is 2. The minimum atomic E-state index is -0.795. The summed E-state index contributed by atoms with van der Waals surface area (Å²) in [6, 6.07) is 19.2. The minimum Gasteiger partial charge on any atom is -0.496 e. The third-order valence-corrected chi connectivity index (χ3v) is 6.36. The van der Waals surface area contributed by atoms with Gasteiger partial charge >= 0.3 is 0 Å². The fourth-order valence-electron chi connectivity index (χ4n) is 4.06. The molecule has 35 heavy (non-hydrogen) atoms. The summed E-state index contributed by atoms with van der Waals surface area (Å²) in [5.74, 6) is 0.795. The van der Waals surface area contributed by atoms with Crippen LogP contribution < -0.4 is 19.8 Å². The topological polar surface area (TPSA) is 63.2 Å². The van der Waals surface area contributed by atoms with Gasteiger partial charge in [-0.2, -0.15) is 5.10 Å². The highest BCUT2D eigenvalue weighted by Crippen LogP contribution is 2.31. The maximum atomic E-state index is 12.4. The van der Waals surface area contributed by atoms with Gasteiger partial charge < -0.3 is 14.4 Å². The van der Waals surface area contributed by atoms with Crippen LogP contribution in [0.1, 0.15) is 30.0 Å². The summed E-state index contributed by atoms with van der Waals surface area (Å²) in [6.45, 7) is 3.34. The zero-order valence-electron chi connectivity index (χ0n) is 19.6. The number of hydrogen-bond donors (Lipinski definition) is 1. The molecular formula is C27H27Cl2N3O3. The summed E-state index contributed by atoms with van der Waals surface area (Å²) in [5, 5.41) is 4.94. The van der Waals surface area contributed by atoms with Crippen LogP contribution in [0.4, 0.5) is 5.69 Å². The van der Waals surface area contributed by atoms with Crippen LogP contribution in [0.25, 0.3) is 0 Å². The molecule has 1 amide bonds. The van der Waals surface area contributed by atoms with Crippen LogP contribution in [0.5, 0.6) is 11.5 Å². The molecule has 1 heterocycles. The molecule has 0 fully saturated rings. The van der Waals surface area contributed by atoms with E-state index in [4.69, 9.17) is 32.7 Å². The molecule has 1 N–H and O–H groups in total. The number of methoxy groups -OCH3 is 1. The summed E-state index contributed by atoms with van der Waals surface area (Å²) >= 11 is 12.0. The molecule has 1 atom stereocenters. The third-order valence-electron chi connectivity index (χ3n) is 5.83. The number of carbonyl (C=O) groups excluding carboxylic acids is 1. The van der Waals surface area contributed by atoms with Gasteiger partial charge in [0.1, 0.15) is 11.5 Å². The average molecular weight is 512 g/mol. The smallest absolute Gasteiger partial charge is 0.280 e. The lowest BCUT2D eigenvalue weighted by molar-refractivity contribution is -0.127. The van der Waals surface area contributed by atoms with E-state index in [0.717, 1.165) is 42.8 Å². The van der Waals surface area contributed by atoms with Crippen LogP contribution in [0.2, 0.25) is 10.0 Å². The van der Waals surface area contributed by atoms with E-state index >= 15 is 0 Å². The van der Waals surface area contributed by atoms with E-state index in [1.54, 1.807) is 38.4 Å². The highest BCUT2D eigenvalue weighted by atomic mass is 35.5. The maximum Gasteiger partial charge on any atom is 0.280 e. The van der Waals surface area contributed by atoms with E-state index in [2.05, 4.69) is 39.7 Å². The van der Waals surface area contributed by atoms with E-state index < -0.39 is 12.0 Å². The number of ether oxygens (including phenoxy) is 2. The Hall–Kier alpha value is -3.22. The maximum absolute atomic E-state index is 12.4. The number of halogens is 2. The van der Waals surface area contributed by atoms with E-state index in [-0.39, 0.29) is 0 Å². The lowest BCUT2D eigenvalue weighted by atomic mass is 10.0. The van der Waals surface area contributed by atoms with Gasteiger partial charge in [-0.15, -0.1) is 0 Å². The van der Waals surface area contributed by atoms with Crippen molar-refractivity contribution in [1.82, 2.24) is 5.43 Å². The molecular weight excluding hydrogens is 485 g/mol. The number of para-hydroxylation sites is 1. The molecule has 1 unspecified atom stereocenters. The predicted molar refractivity (Wildman–Crippen MR) is 141 cm³/mol. The van der Waals surface area contributed by atoms with Gasteiger partial charge in [-0.3, -0.25) is 4.79 Å². The second kappa shape index (κ2) is 11.5. The number of aryl methyl sites for hydroxylation is 1. The number of hydrazone groups is 1. The SMILES string of the molecule is COc1ccc(/C=N/NC(=O)C(C)Oc2ccc(Cl)cc2Cl)cc1CN1CCCc2ccccc21. The molecule has 0 saturated heterocycles. The molecule has 1 aliphatic rings. The van der Waals surface area contributed by atoms with Gasteiger partial charge in [0.2, 0.25) is 0 Å². The summed E-state index contributed by atoms with van der Waals surface area (Å²) in [6.07, 6.45) is 3.03. The van der Waals surface area contributed by atoms with Crippen LogP contribution in [0.3, 0.4) is 0 Å². The van der Waals surface area contributed by atoms with Gasteiger partial charge in [0.15, 0.2) is 6.10 Å². The van der Waals surface area contributed by atoms with E-state index in [9.17, 15) is 4.79 Å². The molecule has 6 nitrogen and oxygen atoms in total. The average Bonchev–Trinajstić information content (AvgIpc) is 2.86. The third kappa shape index (κ3) is 6.27. The Kier molecular flexibility index (Phi) is 8.16. The van der Waals surface area contributed by atoms with Crippen molar-refractivity contribution in [2.75, 3.05) is 18.6 Å². The standard InChI is InChI=1S/C27H27Cl2N3O3/c1-18(35-26-12-10-22(28)15-23(26)29)27(33)31-30-16-19-9-11-25(34-2)21(14-19)17-32-13-5-7-20-6-3-4-8-24(20)32/h3-4,6,8-12,14-16,18H,5,7,13,17H2,1-2H3,(H,31,33)/b30-16+. The quantitative estimate of drug-likeness (QED) is 0.303. The van der Waals surface area contributed by atoms with Crippen molar-refractivity contribution in [2.45, 2.75) is 32.4 Å². The molecule has 0 spiro atoms. The normalized spacial score (nSPS) is 13.9. The van der Waals surface area contributed by atoms with Crippen LogP contribution >= 0.6 is 23.2 Å². The molecule has 1 aliphatic heterocycles. The zero-order valence-corrected chi connectivity index (χ0v) is 21.1. The Morgan fingerprint density at radius 2 is 1.94 bits per heavy atom. The van der Waals surface area contributed by atoms with Crippen molar-refractivity contribution in [3.8, 4) is 11.5 Å². The summed E-state index contributed by atoms with van der Waals surface area (Å²) in [4.78, 5) is 14.8. The number of benzene rings is 3. The highest BCUT2D eigenvalue weighted by molar-refractivity contribution is 6.35. The molecule has 8 heteroatoms. The highest BCUT2D eigenvalue weighted by Gasteiger charge is 2.18. The number of nitrogens with one attached hydrogen (secondary N) is 1. The molecule has 182 valence electrons. The first-order valence-electron chi connectivity index (χ1n) is 11.4. The Morgan fingerprint density at radius 3 is 2.74 bits per heavy atom. The summed E-state index contributed by atoms with van der Waals surface area (Å²) in [7, 11) is 1.67. The molecule has 3 aromatic carbocycles. The second-order valence-corrected chi connectivity index (χ2v) is 9.14. The molecule has 0 aliphatic carbocycles. The molecule has 4 rings (SSSR count). The van der Waals surface area contributed by atoms with Crippen molar-refractivity contribution in [3.05, 3.63) is 87.4 Å². The molecule has 0 aromatic heterocycles. The number of anilines is 1. The lowest BCUT2D eigenvalue weighted by Crippen LogP contribution is -2.33. The number of amides is 1. The second-order valence-electron chi connectivity index (χ2n) is 8.29.